The second-order valence-corrected chi connectivity index (χ2v) is 6.37. The van der Waals surface area contributed by atoms with E-state index in [2.05, 4.69) is 31.1 Å². The van der Waals surface area contributed by atoms with Gasteiger partial charge in [0.1, 0.15) is 5.75 Å². The van der Waals surface area contributed by atoms with Gasteiger partial charge in [-0.15, -0.1) is 0 Å². The zero-order chi connectivity index (χ0) is 14.7. The van der Waals surface area contributed by atoms with E-state index in [0.717, 1.165) is 30.8 Å². The second-order valence-electron chi connectivity index (χ2n) is 5.52. The molecule has 20 heavy (non-hydrogen) atoms. The summed E-state index contributed by atoms with van der Waals surface area (Å²) in [6.45, 7) is 7.03. The second kappa shape index (κ2) is 6.99. The number of halogens is 2. The summed E-state index contributed by atoms with van der Waals surface area (Å²) in [4.78, 5) is 2.32. The Kier molecular flexibility index (Phi) is 5.56. The number of nitrogens with one attached hydrogen (secondary N) is 1. The van der Waals surface area contributed by atoms with E-state index < -0.39 is 0 Å². The highest BCUT2D eigenvalue weighted by atomic mass is 35.5. The van der Waals surface area contributed by atoms with Gasteiger partial charge in [-0.25, -0.2) is 0 Å². The maximum Gasteiger partial charge on any atom is 0.142 e. The van der Waals surface area contributed by atoms with E-state index in [9.17, 15) is 0 Å². The van der Waals surface area contributed by atoms with Gasteiger partial charge in [0.05, 0.1) is 11.6 Å². The SMILES string of the molecule is CC(C)N(C)CCNC1CCOc2c(Cl)cc(Cl)cc21. The van der Waals surface area contributed by atoms with Crippen molar-refractivity contribution >= 4 is 23.2 Å². The minimum absolute atomic E-state index is 0.260. The molecule has 0 bridgehead atoms. The summed E-state index contributed by atoms with van der Waals surface area (Å²) in [6, 6.07) is 4.50. The van der Waals surface area contributed by atoms with E-state index in [1.807, 2.05) is 6.07 Å². The van der Waals surface area contributed by atoms with Crippen molar-refractivity contribution in [1.29, 1.82) is 0 Å². The van der Waals surface area contributed by atoms with Crippen LogP contribution in [0.4, 0.5) is 0 Å². The van der Waals surface area contributed by atoms with Crippen molar-refractivity contribution in [3.63, 3.8) is 0 Å². The van der Waals surface area contributed by atoms with Crippen LogP contribution in [0.2, 0.25) is 10.0 Å². The monoisotopic (exact) mass is 316 g/mol. The minimum atomic E-state index is 0.260. The van der Waals surface area contributed by atoms with Crippen LogP contribution in [0.3, 0.4) is 0 Å². The first-order chi connectivity index (χ1) is 9.49. The van der Waals surface area contributed by atoms with Crippen molar-refractivity contribution in [3.8, 4) is 5.75 Å². The van der Waals surface area contributed by atoms with Gasteiger partial charge in [-0.05, 0) is 33.0 Å². The van der Waals surface area contributed by atoms with Crippen LogP contribution < -0.4 is 10.1 Å². The summed E-state index contributed by atoms with van der Waals surface area (Å²) in [7, 11) is 2.14. The van der Waals surface area contributed by atoms with Crippen LogP contribution in [0, 0.1) is 0 Å². The summed E-state index contributed by atoms with van der Waals surface area (Å²) in [5, 5.41) is 4.83. The Morgan fingerprint density at radius 3 is 2.85 bits per heavy atom. The molecule has 1 aromatic carbocycles. The predicted octanol–water partition coefficient (Wildman–Crippen LogP) is 3.75. The molecule has 0 amide bonds. The molecule has 0 aliphatic carbocycles. The zero-order valence-corrected chi connectivity index (χ0v) is 13.8. The van der Waals surface area contributed by atoms with Gasteiger partial charge >= 0.3 is 0 Å². The van der Waals surface area contributed by atoms with Crippen LogP contribution >= 0.6 is 23.2 Å². The molecule has 0 saturated carbocycles. The fourth-order valence-corrected chi connectivity index (χ4v) is 2.87. The Morgan fingerprint density at radius 2 is 2.15 bits per heavy atom. The molecule has 3 nitrogen and oxygen atoms in total. The molecule has 1 N–H and O–H groups in total. The molecule has 2 rings (SSSR count). The first-order valence-electron chi connectivity index (χ1n) is 7.04. The number of nitrogens with zero attached hydrogens (tertiary/aromatic N) is 1. The standard InChI is InChI=1S/C15H22Cl2N2O/c1-10(2)19(3)6-5-18-14-4-7-20-15-12(14)8-11(16)9-13(15)17/h8-10,14,18H,4-7H2,1-3H3. The fourth-order valence-electron chi connectivity index (χ4n) is 2.31. The maximum absolute atomic E-state index is 6.19. The average Bonchev–Trinajstić information content (AvgIpc) is 2.39. The predicted molar refractivity (Wildman–Crippen MR) is 85.1 cm³/mol. The number of likely N-dealkylation sites (N-methyl/N-ethyl adjacent to an activating group) is 1. The summed E-state index contributed by atoms with van der Waals surface area (Å²) < 4.78 is 5.66. The third-order valence-electron chi connectivity index (χ3n) is 3.80. The number of ether oxygens (including phenoxy) is 1. The molecule has 1 heterocycles. The van der Waals surface area contributed by atoms with Crippen LogP contribution in [0.5, 0.6) is 5.75 Å². The van der Waals surface area contributed by atoms with Gasteiger partial charge in [-0.1, -0.05) is 23.2 Å². The number of rotatable bonds is 5. The Labute approximate surface area is 131 Å². The van der Waals surface area contributed by atoms with E-state index in [-0.39, 0.29) is 6.04 Å². The van der Waals surface area contributed by atoms with Gasteiger partial charge in [-0.2, -0.15) is 0 Å². The molecule has 0 fully saturated rings. The quantitative estimate of drug-likeness (QED) is 0.895. The summed E-state index contributed by atoms with van der Waals surface area (Å²) in [5.74, 6) is 0.775. The molecular weight excluding hydrogens is 295 g/mol. The molecule has 5 heteroatoms. The van der Waals surface area contributed by atoms with E-state index >= 15 is 0 Å². The Balaban J connectivity index is 2.02. The van der Waals surface area contributed by atoms with Crippen LogP contribution in [-0.2, 0) is 0 Å². The topological polar surface area (TPSA) is 24.5 Å². The molecule has 0 saturated heterocycles. The smallest absolute Gasteiger partial charge is 0.142 e. The molecule has 0 radical (unpaired) electrons. The highest BCUT2D eigenvalue weighted by Gasteiger charge is 2.23. The average molecular weight is 317 g/mol. The normalized spacial score (nSPS) is 18.2. The van der Waals surface area contributed by atoms with Gasteiger partial charge in [0.25, 0.3) is 0 Å². The van der Waals surface area contributed by atoms with Crippen LogP contribution in [0.25, 0.3) is 0 Å². The Morgan fingerprint density at radius 1 is 1.40 bits per heavy atom. The Bertz CT molecular complexity index is 465. The van der Waals surface area contributed by atoms with Gasteiger partial charge in [0, 0.05) is 42.2 Å². The first kappa shape index (κ1) is 15.9. The molecule has 1 atom stereocenters. The highest BCUT2D eigenvalue weighted by molar-refractivity contribution is 6.35. The van der Waals surface area contributed by atoms with Crippen molar-refractivity contribution in [3.05, 3.63) is 27.7 Å². The molecule has 112 valence electrons. The number of hydrogen-bond acceptors (Lipinski definition) is 3. The van der Waals surface area contributed by atoms with Gasteiger partial charge < -0.3 is 15.0 Å². The number of fused-ring (bicyclic) bond motifs is 1. The highest BCUT2D eigenvalue weighted by Crippen LogP contribution is 2.39. The van der Waals surface area contributed by atoms with Crippen molar-refractivity contribution in [2.75, 3.05) is 26.7 Å². The molecule has 1 aromatic rings. The third kappa shape index (κ3) is 3.79. The third-order valence-corrected chi connectivity index (χ3v) is 4.30. The van der Waals surface area contributed by atoms with Crippen molar-refractivity contribution < 1.29 is 4.74 Å². The zero-order valence-electron chi connectivity index (χ0n) is 12.2. The van der Waals surface area contributed by atoms with Crippen molar-refractivity contribution in [2.24, 2.45) is 0 Å². The molecule has 1 aliphatic heterocycles. The van der Waals surface area contributed by atoms with Crippen LogP contribution in [0.1, 0.15) is 31.9 Å². The van der Waals surface area contributed by atoms with Crippen LogP contribution in [-0.4, -0.2) is 37.7 Å². The van der Waals surface area contributed by atoms with E-state index in [1.165, 1.54) is 0 Å². The lowest BCUT2D eigenvalue weighted by Gasteiger charge is -2.29. The summed E-state index contributed by atoms with van der Waals surface area (Å²) >= 11 is 12.3. The Hall–Kier alpha value is -0.480. The first-order valence-corrected chi connectivity index (χ1v) is 7.80. The van der Waals surface area contributed by atoms with Crippen LogP contribution in [0.15, 0.2) is 12.1 Å². The van der Waals surface area contributed by atoms with Crippen molar-refractivity contribution in [1.82, 2.24) is 10.2 Å². The van der Waals surface area contributed by atoms with E-state index in [0.29, 0.717) is 22.7 Å². The molecular formula is C15H22Cl2N2O. The summed E-state index contributed by atoms with van der Waals surface area (Å²) in [6.07, 6.45) is 0.940. The number of benzene rings is 1. The van der Waals surface area contributed by atoms with E-state index in [1.54, 1.807) is 6.07 Å². The molecule has 1 aliphatic rings. The largest absolute Gasteiger partial charge is 0.492 e. The summed E-state index contributed by atoms with van der Waals surface area (Å²) in [5.41, 5.74) is 1.07. The fraction of sp³-hybridized carbons (Fsp3) is 0.600. The van der Waals surface area contributed by atoms with Crippen molar-refractivity contribution in [2.45, 2.75) is 32.4 Å². The molecule has 0 spiro atoms. The molecule has 1 unspecified atom stereocenters. The number of hydrogen-bond donors (Lipinski definition) is 1. The van der Waals surface area contributed by atoms with Gasteiger partial charge in [0.2, 0.25) is 0 Å². The lowest BCUT2D eigenvalue weighted by Crippen LogP contribution is -2.36. The molecule has 0 aromatic heterocycles. The maximum atomic E-state index is 6.19. The lowest BCUT2D eigenvalue weighted by molar-refractivity contribution is 0.237. The van der Waals surface area contributed by atoms with E-state index in [4.69, 9.17) is 27.9 Å². The minimum Gasteiger partial charge on any atom is -0.492 e. The van der Waals surface area contributed by atoms with Gasteiger partial charge in [-0.3, -0.25) is 0 Å². The lowest BCUT2D eigenvalue weighted by atomic mass is 10.0. The van der Waals surface area contributed by atoms with Gasteiger partial charge in [0.15, 0.2) is 0 Å².